The van der Waals surface area contributed by atoms with Gasteiger partial charge in [-0.1, -0.05) is 18.2 Å². The zero-order chi connectivity index (χ0) is 11.4. The molecule has 0 spiro atoms. The standard InChI is InChI=1S/C9H15N.HO3P/c1-4-7-10(8-5-2)9-6-3;1-4(2)3/h4-9H,1-3H3;(H-,1,2,3)/p+1. The van der Waals surface area contributed by atoms with Crippen molar-refractivity contribution in [2.75, 3.05) is 0 Å². The maximum atomic E-state index is 8.70. The Hall–Kier alpha value is -0.960. The maximum Gasteiger partial charge on any atom is 0.692 e. The highest BCUT2D eigenvalue weighted by Crippen LogP contribution is 1.98. The molecule has 0 aliphatic carbocycles. The van der Waals surface area contributed by atoms with Gasteiger partial charge in [0.2, 0.25) is 0 Å². The molecule has 4 nitrogen and oxygen atoms in total. The molecule has 0 aliphatic heterocycles. The van der Waals surface area contributed by atoms with Crippen LogP contribution in [0.15, 0.2) is 36.8 Å². The van der Waals surface area contributed by atoms with E-state index in [2.05, 4.69) is 0 Å². The van der Waals surface area contributed by atoms with Crippen LogP contribution in [0.3, 0.4) is 0 Å². The summed E-state index contributed by atoms with van der Waals surface area (Å²) < 4.78 is 8.70. The highest BCUT2D eigenvalue weighted by atomic mass is 31.1. The summed E-state index contributed by atoms with van der Waals surface area (Å²) in [6.07, 6.45) is 12.0. The summed E-state index contributed by atoms with van der Waals surface area (Å²) in [5.41, 5.74) is 0. The second-order valence-electron chi connectivity index (χ2n) is 2.15. The zero-order valence-corrected chi connectivity index (χ0v) is 9.56. The number of allylic oxidation sites excluding steroid dienone is 3. The van der Waals surface area contributed by atoms with Crippen LogP contribution in [-0.4, -0.2) is 14.7 Å². The van der Waals surface area contributed by atoms with Crippen LogP contribution in [0.5, 0.6) is 0 Å². The van der Waals surface area contributed by atoms with Gasteiger partial charge in [-0.2, -0.15) is 0 Å². The highest BCUT2D eigenvalue weighted by Gasteiger charge is 1.93. The Labute approximate surface area is 85.8 Å². The average molecular weight is 218 g/mol. The van der Waals surface area contributed by atoms with E-state index >= 15 is 0 Å². The Morgan fingerprint density at radius 3 is 1.29 bits per heavy atom. The molecule has 0 unspecified atom stereocenters. The monoisotopic (exact) mass is 218 g/mol. The van der Waals surface area contributed by atoms with E-state index < -0.39 is 8.25 Å². The van der Waals surface area contributed by atoms with Crippen molar-refractivity contribution >= 4 is 8.25 Å². The van der Waals surface area contributed by atoms with Gasteiger partial charge in [-0.3, -0.25) is 0 Å². The van der Waals surface area contributed by atoms with Gasteiger partial charge in [0.25, 0.3) is 0 Å². The molecule has 0 saturated carbocycles. The second-order valence-corrected chi connectivity index (χ2v) is 2.65. The van der Waals surface area contributed by atoms with E-state index in [4.69, 9.17) is 14.4 Å². The Balaban J connectivity index is 0. The van der Waals surface area contributed by atoms with E-state index in [1.807, 2.05) is 62.5 Å². The minimum Gasteiger partial charge on any atom is -0.332 e. The minimum atomic E-state index is -2.87. The second kappa shape index (κ2) is 12.0. The molecular weight excluding hydrogens is 201 g/mol. The van der Waals surface area contributed by atoms with Gasteiger partial charge < -0.3 is 4.90 Å². The summed E-state index contributed by atoms with van der Waals surface area (Å²) in [6.45, 7) is 6.00. The maximum absolute atomic E-state index is 8.70. The third kappa shape index (κ3) is 17.2. The van der Waals surface area contributed by atoms with Crippen molar-refractivity contribution in [3.8, 4) is 0 Å². The van der Waals surface area contributed by atoms with Crippen molar-refractivity contribution in [1.29, 1.82) is 0 Å². The van der Waals surface area contributed by atoms with Crippen LogP contribution in [0.25, 0.3) is 0 Å². The summed E-state index contributed by atoms with van der Waals surface area (Å²) in [6, 6.07) is 0. The van der Waals surface area contributed by atoms with E-state index in [1.165, 1.54) is 0 Å². The van der Waals surface area contributed by atoms with Crippen molar-refractivity contribution in [2.24, 2.45) is 0 Å². The molecule has 0 aromatic carbocycles. The molecule has 14 heavy (non-hydrogen) atoms. The van der Waals surface area contributed by atoms with Gasteiger partial charge in [0.15, 0.2) is 0 Å². The van der Waals surface area contributed by atoms with Crippen LogP contribution in [-0.2, 0) is 4.57 Å². The minimum absolute atomic E-state index is 2.00. The van der Waals surface area contributed by atoms with E-state index in [1.54, 1.807) is 0 Å². The number of rotatable bonds is 3. The Bertz CT molecular complexity index is 192. The molecule has 0 saturated heterocycles. The molecule has 0 aromatic heterocycles. The molecule has 0 rings (SSSR count). The Morgan fingerprint density at radius 2 is 1.14 bits per heavy atom. The summed E-state index contributed by atoms with van der Waals surface area (Å²) in [4.78, 5) is 16.2. The molecule has 0 aliphatic rings. The van der Waals surface area contributed by atoms with Gasteiger partial charge in [-0.05, 0) is 20.8 Å². The Kier molecular flexibility index (Phi) is 13.3. The number of hydrogen-bond donors (Lipinski definition) is 2. The van der Waals surface area contributed by atoms with Gasteiger partial charge in [-0.15, -0.1) is 9.79 Å². The first-order chi connectivity index (χ1) is 6.58. The molecule has 0 heterocycles. The zero-order valence-electron chi connectivity index (χ0n) is 8.66. The smallest absolute Gasteiger partial charge is 0.332 e. The molecule has 2 N–H and O–H groups in total. The van der Waals surface area contributed by atoms with E-state index in [-0.39, 0.29) is 0 Å². The predicted molar refractivity (Wildman–Crippen MR) is 58.3 cm³/mol. The first kappa shape index (κ1) is 15.5. The van der Waals surface area contributed by atoms with Gasteiger partial charge in [0.1, 0.15) is 0 Å². The van der Waals surface area contributed by atoms with Crippen molar-refractivity contribution < 1.29 is 14.4 Å². The molecule has 0 atom stereocenters. The fraction of sp³-hybridized carbons (Fsp3) is 0.333. The SMILES string of the molecule is CC=CN(C=CC)C=CC.O=[P+](O)O. The molecule has 0 bridgehead atoms. The van der Waals surface area contributed by atoms with Crippen LogP contribution in [0.1, 0.15) is 20.8 Å². The van der Waals surface area contributed by atoms with Crippen LogP contribution >= 0.6 is 8.25 Å². The van der Waals surface area contributed by atoms with Crippen LogP contribution in [0, 0.1) is 0 Å². The fourth-order valence-corrected chi connectivity index (χ4v) is 0.665. The lowest BCUT2D eigenvalue weighted by molar-refractivity contribution is 0.405. The van der Waals surface area contributed by atoms with Crippen LogP contribution in [0.4, 0.5) is 0 Å². The predicted octanol–water partition coefficient (Wildman–Crippen LogP) is 2.52. The molecular formula is C9H17NO3P+. The average Bonchev–Trinajstić information content (AvgIpc) is 2.04. The molecule has 5 heteroatoms. The van der Waals surface area contributed by atoms with Crippen molar-refractivity contribution in [2.45, 2.75) is 20.8 Å². The highest BCUT2D eigenvalue weighted by molar-refractivity contribution is 7.30. The molecule has 0 amide bonds. The van der Waals surface area contributed by atoms with Crippen molar-refractivity contribution in [3.63, 3.8) is 0 Å². The van der Waals surface area contributed by atoms with E-state index in [9.17, 15) is 0 Å². The molecule has 0 fully saturated rings. The first-order valence-corrected chi connectivity index (χ1v) is 5.25. The van der Waals surface area contributed by atoms with Gasteiger partial charge >= 0.3 is 8.25 Å². The fourth-order valence-electron chi connectivity index (χ4n) is 0.665. The number of nitrogens with zero attached hydrogens (tertiary/aromatic N) is 1. The van der Waals surface area contributed by atoms with E-state index in [0.29, 0.717) is 0 Å². The first-order valence-electron chi connectivity index (χ1n) is 4.09. The lowest BCUT2D eigenvalue weighted by atomic mass is 10.5. The molecule has 0 aromatic rings. The lowest BCUT2D eigenvalue weighted by Crippen LogP contribution is -1.97. The summed E-state index contributed by atoms with van der Waals surface area (Å²) in [7, 11) is -2.87. The lowest BCUT2D eigenvalue weighted by Gasteiger charge is -2.06. The molecule has 80 valence electrons. The van der Waals surface area contributed by atoms with E-state index in [0.717, 1.165) is 0 Å². The summed E-state index contributed by atoms with van der Waals surface area (Å²) >= 11 is 0. The van der Waals surface area contributed by atoms with Gasteiger partial charge in [-0.25, -0.2) is 0 Å². The van der Waals surface area contributed by atoms with Crippen LogP contribution in [0.2, 0.25) is 0 Å². The van der Waals surface area contributed by atoms with Crippen LogP contribution < -0.4 is 0 Å². The largest absolute Gasteiger partial charge is 0.692 e. The van der Waals surface area contributed by atoms with Gasteiger partial charge in [0, 0.05) is 23.2 Å². The third-order valence-electron chi connectivity index (χ3n) is 0.964. The third-order valence-corrected chi connectivity index (χ3v) is 0.964. The normalized spacial score (nSPS) is 10.6. The summed E-state index contributed by atoms with van der Waals surface area (Å²) in [5.74, 6) is 0. The molecule has 0 radical (unpaired) electrons. The summed E-state index contributed by atoms with van der Waals surface area (Å²) in [5, 5.41) is 0. The van der Waals surface area contributed by atoms with Crippen molar-refractivity contribution in [3.05, 3.63) is 36.8 Å². The van der Waals surface area contributed by atoms with Gasteiger partial charge in [0.05, 0.1) is 0 Å². The quantitative estimate of drug-likeness (QED) is 0.714. The van der Waals surface area contributed by atoms with Crippen molar-refractivity contribution in [1.82, 2.24) is 4.90 Å². The number of hydrogen-bond acceptors (Lipinski definition) is 2. The topological polar surface area (TPSA) is 60.8 Å². The Morgan fingerprint density at radius 1 is 0.929 bits per heavy atom.